The molecule has 0 saturated heterocycles. The van der Waals surface area contributed by atoms with Crippen molar-refractivity contribution in [3.63, 3.8) is 0 Å². The highest BCUT2D eigenvalue weighted by Crippen LogP contribution is 2.39. The third-order valence-corrected chi connectivity index (χ3v) is 3.44. The number of halogens is 1. The van der Waals surface area contributed by atoms with Gasteiger partial charge in [-0.05, 0) is 51.0 Å². The highest BCUT2D eigenvalue weighted by Gasteiger charge is 2.30. The molecule has 1 aliphatic rings. The summed E-state index contributed by atoms with van der Waals surface area (Å²) >= 11 is 0. The highest BCUT2D eigenvalue weighted by atomic mass is 19.1. The number of anilines is 1. The molecule has 0 amide bonds. The Labute approximate surface area is 103 Å². The fraction of sp³-hybridized carbons (Fsp3) is 0.571. The van der Waals surface area contributed by atoms with Gasteiger partial charge in [-0.25, -0.2) is 4.39 Å². The van der Waals surface area contributed by atoms with Gasteiger partial charge < -0.3 is 10.6 Å². The van der Waals surface area contributed by atoms with Gasteiger partial charge in [0, 0.05) is 30.2 Å². The number of hydrogen-bond acceptors (Lipinski definition) is 2. The van der Waals surface area contributed by atoms with Crippen LogP contribution in [0.2, 0.25) is 0 Å². The minimum Gasteiger partial charge on any atom is -0.368 e. The first-order valence-corrected chi connectivity index (χ1v) is 6.30. The van der Waals surface area contributed by atoms with E-state index in [1.807, 2.05) is 13.0 Å². The van der Waals surface area contributed by atoms with E-state index in [4.69, 9.17) is 5.73 Å². The van der Waals surface area contributed by atoms with Crippen LogP contribution >= 0.6 is 0 Å². The van der Waals surface area contributed by atoms with Crippen molar-refractivity contribution >= 4 is 5.69 Å². The summed E-state index contributed by atoms with van der Waals surface area (Å²) in [4.78, 5) is 2.34. The molecule has 2 atom stereocenters. The smallest absolute Gasteiger partial charge is 0.123 e. The molecule has 0 aliphatic carbocycles. The van der Waals surface area contributed by atoms with Crippen molar-refractivity contribution in [3.05, 3.63) is 29.6 Å². The van der Waals surface area contributed by atoms with Crippen molar-refractivity contribution in [2.45, 2.75) is 45.2 Å². The van der Waals surface area contributed by atoms with E-state index in [1.165, 1.54) is 5.69 Å². The Kier molecular flexibility index (Phi) is 3.38. The molecule has 2 rings (SSSR count). The van der Waals surface area contributed by atoms with Crippen LogP contribution in [-0.4, -0.2) is 18.6 Å². The molecule has 0 bridgehead atoms. The third kappa shape index (κ3) is 2.44. The normalized spacial score (nSPS) is 20.8. The predicted molar refractivity (Wildman–Crippen MR) is 69.9 cm³/mol. The maximum atomic E-state index is 13.4. The molecule has 2 N–H and O–H groups in total. The molecule has 0 fully saturated rings. The maximum Gasteiger partial charge on any atom is 0.123 e. The molecule has 1 aliphatic heterocycles. The summed E-state index contributed by atoms with van der Waals surface area (Å²) in [5, 5.41) is 0. The number of hydrogen-bond donors (Lipinski definition) is 1. The van der Waals surface area contributed by atoms with Gasteiger partial charge in [-0.3, -0.25) is 0 Å². The Bertz CT molecular complexity index is 401. The summed E-state index contributed by atoms with van der Waals surface area (Å²) in [5.74, 6) is 0.215. The van der Waals surface area contributed by atoms with Gasteiger partial charge >= 0.3 is 0 Å². The number of rotatable bonds is 3. The number of nitrogens with two attached hydrogens (primary N) is 1. The van der Waals surface area contributed by atoms with E-state index in [0.29, 0.717) is 12.0 Å². The van der Waals surface area contributed by atoms with Crippen LogP contribution in [0.4, 0.5) is 10.1 Å². The monoisotopic (exact) mass is 236 g/mol. The van der Waals surface area contributed by atoms with Crippen LogP contribution in [0.3, 0.4) is 0 Å². The summed E-state index contributed by atoms with van der Waals surface area (Å²) in [6, 6.07) is 5.71. The molecular formula is C14H21FN2. The number of benzene rings is 1. The van der Waals surface area contributed by atoms with Crippen molar-refractivity contribution in [1.29, 1.82) is 0 Å². The lowest BCUT2D eigenvalue weighted by molar-refractivity contribution is 0.550. The Balaban J connectivity index is 2.34. The summed E-state index contributed by atoms with van der Waals surface area (Å²) in [5.41, 5.74) is 8.17. The first-order chi connectivity index (χ1) is 7.99. The minimum atomic E-state index is -0.149. The van der Waals surface area contributed by atoms with E-state index >= 15 is 0 Å². The van der Waals surface area contributed by atoms with E-state index in [-0.39, 0.29) is 11.9 Å². The van der Waals surface area contributed by atoms with Crippen molar-refractivity contribution in [2.75, 3.05) is 11.4 Å². The van der Waals surface area contributed by atoms with Gasteiger partial charge in [0.25, 0.3) is 0 Å². The fourth-order valence-electron chi connectivity index (χ4n) is 2.69. The van der Waals surface area contributed by atoms with Crippen LogP contribution in [0, 0.1) is 5.82 Å². The standard InChI is InChI=1S/C14H21FN2/c1-9(2)17-8-11(6-10(3)16)13-7-12(15)4-5-14(13)17/h4-5,7,9-11H,6,8,16H2,1-3H3. The lowest BCUT2D eigenvalue weighted by Gasteiger charge is -2.24. The second-order valence-corrected chi connectivity index (χ2v) is 5.36. The Morgan fingerprint density at radius 2 is 2.12 bits per heavy atom. The largest absolute Gasteiger partial charge is 0.368 e. The Hall–Kier alpha value is -1.09. The third-order valence-electron chi connectivity index (χ3n) is 3.44. The van der Waals surface area contributed by atoms with Crippen LogP contribution in [0.15, 0.2) is 18.2 Å². The van der Waals surface area contributed by atoms with Crippen LogP contribution < -0.4 is 10.6 Å². The fourth-order valence-corrected chi connectivity index (χ4v) is 2.69. The van der Waals surface area contributed by atoms with Crippen molar-refractivity contribution in [3.8, 4) is 0 Å². The van der Waals surface area contributed by atoms with Gasteiger partial charge in [0.1, 0.15) is 5.82 Å². The van der Waals surface area contributed by atoms with Crippen molar-refractivity contribution in [2.24, 2.45) is 5.73 Å². The average Bonchev–Trinajstić information content (AvgIpc) is 2.56. The van der Waals surface area contributed by atoms with Gasteiger partial charge in [0.15, 0.2) is 0 Å². The van der Waals surface area contributed by atoms with E-state index < -0.39 is 0 Å². The molecule has 94 valence electrons. The molecule has 0 radical (unpaired) electrons. The molecule has 1 heterocycles. The molecule has 1 aromatic carbocycles. The van der Waals surface area contributed by atoms with E-state index in [0.717, 1.165) is 18.5 Å². The molecule has 3 heteroatoms. The minimum absolute atomic E-state index is 0.149. The summed E-state index contributed by atoms with van der Waals surface area (Å²) in [6.07, 6.45) is 0.916. The lowest BCUT2D eigenvalue weighted by atomic mass is 9.95. The molecule has 17 heavy (non-hydrogen) atoms. The van der Waals surface area contributed by atoms with E-state index in [9.17, 15) is 4.39 Å². The highest BCUT2D eigenvalue weighted by molar-refractivity contribution is 5.61. The molecule has 2 nitrogen and oxygen atoms in total. The second kappa shape index (κ2) is 4.65. The van der Waals surface area contributed by atoms with Gasteiger partial charge in [-0.15, -0.1) is 0 Å². The zero-order chi connectivity index (χ0) is 12.6. The van der Waals surface area contributed by atoms with Gasteiger partial charge in [-0.1, -0.05) is 0 Å². The van der Waals surface area contributed by atoms with Crippen molar-refractivity contribution < 1.29 is 4.39 Å². The van der Waals surface area contributed by atoms with E-state index in [2.05, 4.69) is 18.7 Å². The molecule has 0 aromatic heterocycles. The molecular weight excluding hydrogens is 215 g/mol. The van der Waals surface area contributed by atoms with E-state index in [1.54, 1.807) is 12.1 Å². The molecule has 0 spiro atoms. The maximum absolute atomic E-state index is 13.4. The summed E-state index contributed by atoms with van der Waals surface area (Å²) < 4.78 is 13.4. The zero-order valence-corrected chi connectivity index (χ0v) is 10.8. The van der Waals surface area contributed by atoms with Gasteiger partial charge in [0.2, 0.25) is 0 Å². The van der Waals surface area contributed by atoms with Crippen LogP contribution in [0.25, 0.3) is 0 Å². The van der Waals surface area contributed by atoms with Crippen LogP contribution in [0.1, 0.15) is 38.7 Å². The Morgan fingerprint density at radius 1 is 1.41 bits per heavy atom. The lowest BCUT2D eigenvalue weighted by Crippen LogP contribution is -2.30. The van der Waals surface area contributed by atoms with Crippen LogP contribution in [0.5, 0.6) is 0 Å². The molecule has 2 unspecified atom stereocenters. The summed E-state index contributed by atoms with van der Waals surface area (Å²) in [7, 11) is 0. The van der Waals surface area contributed by atoms with Gasteiger partial charge in [-0.2, -0.15) is 0 Å². The van der Waals surface area contributed by atoms with Crippen molar-refractivity contribution in [1.82, 2.24) is 0 Å². The Morgan fingerprint density at radius 3 is 2.71 bits per heavy atom. The number of nitrogens with zero attached hydrogens (tertiary/aromatic N) is 1. The average molecular weight is 236 g/mol. The zero-order valence-electron chi connectivity index (χ0n) is 10.8. The number of fused-ring (bicyclic) bond motifs is 1. The first-order valence-electron chi connectivity index (χ1n) is 6.30. The second-order valence-electron chi connectivity index (χ2n) is 5.36. The topological polar surface area (TPSA) is 29.3 Å². The quantitative estimate of drug-likeness (QED) is 0.874. The molecule has 1 aromatic rings. The van der Waals surface area contributed by atoms with Gasteiger partial charge in [0.05, 0.1) is 0 Å². The van der Waals surface area contributed by atoms with Crippen LogP contribution in [-0.2, 0) is 0 Å². The molecule has 0 saturated carbocycles. The SMILES string of the molecule is CC(N)CC1CN(C(C)C)c2ccc(F)cc21. The predicted octanol–water partition coefficient (Wildman–Crippen LogP) is 2.88. The first kappa shape index (κ1) is 12.4. The summed E-state index contributed by atoms with van der Waals surface area (Å²) in [6.45, 7) is 7.30.